The predicted molar refractivity (Wildman–Crippen MR) is 236 cm³/mol. The van der Waals surface area contributed by atoms with Gasteiger partial charge in [0.05, 0.1) is 18.8 Å². The number of aliphatic hydroxyl groups excluding tert-OH is 3. The molecule has 1 amide bonds. The first-order valence-electron chi connectivity index (χ1n) is 24.8. The highest BCUT2D eigenvalue weighted by atomic mass is 16.3. The summed E-state index contributed by atoms with van der Waals surface area (Å²) in [6.45, 7) is 4.21. The summed E-state index contributed by atoms with van der Waals surface area (Å²) in [6, 6.07) is -0.803. The highest BCUT2D eigenvalue weighted by Gasteiger charge is 2.26. The minimum atomic E-state index is -1.13. The third kappa shape index (κ3) is 39.6. The van der Waals surface area contributed by atoms with Gasteiger partial charge in [0.1, 0.15) is 6.10 Å². The summed E-state index contributed by atoms with van der Waals surface area (Å²) in [5.41, 5.74) is 0. The second-order valence-corrected chi connectivity index (χ2v) is 17.4. The maximum atomic E-state index is 12.5. The monoisotopic (exact) mass is 766 g/mol. The van der Waals surface area contributed by atoms with Crippen molar-refractivity contribution in [3.05, 3.63) is 0 Å². The number of carbonyl (C=O) groups excluding carboxylic acids is 1. The lowest BCUT2D eigenvalue weighted by Gasteiger charge is -2.26. The Morgan fingerprint density at radius 3 is 0.889 bits per heavy atom. The van der Waals surface area contributed by atoms with Gasteiger partial charge in [-0.05, 0) is 12.8 Å². The number of unbranched alkanes of at least 4 members (excludes halogenated alkanes) is 38. The number of hydrogen-bond acceptors (Lipinski definition) is 4. The quantitative estimate of drug-likeness (QED) is 0.0465. The van der Waals surface area contributed by atoms with Crippen molar-refractivity contribution in [2.75, 3.05) is 6.61 Å². The molecule has 3 unspecified atom stereocenters. The number of hydrogen-bond donors (Lipinski definition) is 4. The summed E-state index contributed by atoms with van der Waals surface area (Å²) in [5.74, 6) is -0.138. The molecular weight excluding hydrogens is 667 g/mol. The van der Waals surface area contributed by atoms with Crippen LogP contribution in [-0.2, 0) is 4.79 Å². The number of aliphatic hydroxyl groups is 3. The molecule has 5 heteroatoms. The van der Waals surface area contributed by atoms with Gasteiger partial charge in [0.15, 0.2) is 0 Å². The van der Waals surface area contributed by atoms with Crippen LogP contribution in [-0.4, -0.2) is 46.1 Å². The van der Waals surface area contributed by atoms with Crippen LogP contribution in [0.15, 0.2) is 0 Å². The third-order valence-electron chi connectivity index (χ3n) is 12.0. The van der Waals surface area contributed by atoms with Crippen LogP contribution in [0.4, 0.5) is 0 Å². The molecule has 0 fully saturated rings. The summed E-state index contributed by atoms with van der Waals surface area (Å²) < 4.78 is 0. The van der Waals surface area contributed by atoms with Gasteiger partial charge in [0.2, 0.25) is 5.91 Å². The molecule has 0 spiro atoms. The van der Waals surface area contributed by atoms with E-state index in [1.165, 1.54) is 225 Å². The molecule has 0 bridgehead atoms. The number of nitrogens with one attached hydrogen (secondary N) is 1. The topological polar surface area (TPSA) is 89.8 Å². The smallest absolute Gasteiger partial charge is 0.220 e. The lowest BCUT2D eigenvalue weighted by molar-refractivity contribution is -0.124. The zero-order valence-corrected chi connectivity index (χ0v) is 36.9. The van der Waals surface area contributed by atoms with Gasteiger partial charge in [-0.2, -0.15) is 0 Å². The minimum absolute atomic E-state index is 0.138. The Morgan fingerprint density at radius 1 is 0.389 bits per heavy atom. The van der Waals surface area contributed by atoms with E-state index in [4.69, 9.17) is 0 Å². The zero-order valence-electron chi connectivity index (χ0n) is 36.9. The van der Waals surface area contributed by atoms with Crippen molar-refractivity contribution >= 4 is 5.91 Å². The molecule has 54 heavy (non-hydrogen) atoms. The van der Waals surface area contributed by atoms with Crippen molar-refractivity contribution in [1.82, 2.24) is 5.32 Å². The van der Waals surface area contributed by atoms with Crippen LogP contribution in [0.3, 0.4) is 0 Å². The average Bonchev–Trinajstić information content (AvgIpc) is 3.18. The first-order valence-corrected chi connectivity index (χ1v) is 24.8. The number of amides is 1. The molecule has 0 heterocycles. The van der Waals surface area contributed by atoms with Gasteiger partial charge < -0.3 is 20.6 Å². The Kier molecular flexibility index (Phi) is 44.5. The molecule has 0 saturated carbocycles. The molecule has 0 saturated heterocycles. The highest BCUT2D eigenvalue weighted by molar-refractivity contribution is 5.76. The van der Waals surface area contributed by atoms with Crippen molar-refractivity contribution in [2.45, 2.75) is 302 Å². The van der Waals surface area contributed by atoms with Gasteiger partial charge >= 0.3 is 0 Å². The molecule has 0 aromatic heterocycles. The van der Waals surface area contributed by atoms with Crippen molar-refractivity contribution in [1.29, 1.82) is 0 Å². The second-order valence-electron chi connectivity index (χ2n) is 17.4. The molecule has 0 aliphatic carbocycles. The summed E-state index contributed by atoms with van der Waals surface area (Å²) in [5, 5.41) is 33.7. The van der Waals surface area contributed by atoms with E-state index in [1.54, 1.807) is 0 Å². The van der Waals surface area contributed by atoms with Gasteiger partial charge in [-0.25, -0.2) is 0 Å². The first-order chi connectivity index (χ1) is 26.6. The summed E-state index contributed by atoms with van der Waals surface area (Å²) in [7, 11) is 0. The Hall–Kier alpha value is -0.650. The Morgan fingerprint density at radius 2 is 0.630 bits per heavy atom. The molecule has 0 aliphatic rings. The summed E-state index contributed by atoms with van der Waals surface area (Å²) in [4.78, 5) is 12.5. The summed E-state index contributed by atoms with van der Waals surface area (Å²) >= 11 is 0. The largest absolute Gasteiger partial charge is 0.394 e. The zero-order chi connectivity index (χ0) is 39.4. The average molecular weight is 766 g/mol. The molecule has 0 aromatic rings. The minimum Gasteiger partial charge on any atom is -0.394 e. The number of carbonyl (C=O) groups is 1. The van der Waals surface area contributed by atoms with E-state index in [-0.39, 0.29) is 12.5 Å². The lowest BCUT2D eigenvalue weighted by atomic mass is 9.99. The van der Waals surface area contributed by atoms with Gasteiger partial charge in [0, 0.05) is 6.42 Å². The van der Waals surface area contributed by atoms with E-state index in [0.29, 0.717) is 12.8 Å². The normalized spacial score (nSPS) is 13.4. The SMILES string of the molecule is CCCCCCCCCCCCCCCCCCCCCCCCC(O)C(O)C(CO)NC(=O)CCCCCCCCCCCCCCCCCCCC. The van der Waals surface area contributed by atoms with Crippen LogP contribution in [0.1, 0.15) is 284 Å². The Labute approximate surface area is 338 Å². The van der Waals surface area contributed by atoms with E-state index in [9.17, 15) is 20.1 Å². The van der Waals surface area contributed by atoms with Crippen LogP contribution in [0.5, 0.6) is 0 Å². The molecule has 0 radical (unpaired) electrons. The molecule has 3 atom stereocenters. The first kappa shape index (κ1) is 53.4. The molecule has 4 N–H and O–H groups in total. The van der Waals surface area contributed by atoms with Gasteiger partial charge in [-0.3, -0.25) is 4.79 Å². The van der Waals surface area contributed by atoms with Crippen LogP contribution < -0.4 is 5.32 Å². The van der Waals surface area contributed by atoms with Crippen LogP contribution in [0, 0.1) is 0 Å². The maximum Gasteiger partial charge on any atom is 0.220 e. The molecule has 0 aliphatic heterocycles. The molecule has 5 nitrogen and oxygen atoms in total. The predicted octanol–water partition coefficient (Wildman–Crippen LogP) is 14.6. The number of rotatable bonds is 46. The van der Waals surface area contributed by atoms with Crippen LogP contribution >= 0.6 is 0 Å². The third-order valence-corrected chi connectivity index (χ3v) is 12.0. The fourth-order valence-electron chi connectivity index (χ4n) is 8.11. The van der Waals surface area contributed by atoms with E-state index in [0.717, 1.165) is 32.1 Å². The van der Waals surface area contributed by atoms with E-state index in [2.05, 4.69) is 19.2 Å². The molecule has 0 rings (SSSR count). The lowest BCUT2D eigenvalue weighted by Crippen LogP contribution is -2.50. The fourth-order valence-corrected chi connectivity index (χ4v) is 8.11. The van der Waals surface area contributed by atoms with Crippen LogP contribution in [0.2, 0.25) is 0 Å². The van der Waals surface area contributed by atoms with E-state index >= 15 is 0 Å². The van der Waals surface area contributed by atoms with Crippen molar-refractivity contribution in [2.24, 2.45) is 0 Å². The van der Waals surface area contributed by atoms with Crippen molar-refractivity contribution in [3.63, 3.8) is 0 Å². The van der Waals surface area contributed by atoms with E-state index in [1.807, 2.05) is 0 Å². The van der Waals surface area contributed by atoms with Gasteiger partial charge in [-0.1, -0.05) is 264 Å². The van der Waals surface area contributed by atoms with Crippen molar-refractivity contribution in [3.8, 4) is 0 Å². The molecule has 324 valence electrons. The highest BCUT2D eigenvalue weighted by Crippen LogP contribution is 2.18. The molecule has 0 aromatic carbocycles. The summed E-state index contributed by atoms with van der Waals surface area (Å²) in [6.07, 6.45) is 52.3. The van der Waals surface area contributed by atoms with E-state index < -0.39 is 18.2 Å². The maximum absolute atomic E-state index is 12.5. The van der Waals surface area contributed by atoms with Gasteiger partial charge in [-0.15, -0.1) is 0 Å². The molecular formula is C49H99NO4. The standard InChI is InChI=1S/C49H99NO4/c1-3-5-7-9-11-13-15-17-19-21-23-24-25-26-27-29-31-33-35-37-39-41-43-47(52)49(54)46(45-51)50-48(53)44-42-40-38-36-34-32-30-28-22-20-18-16-14-12-10-8-6-4-2/h46-47,49,51-52,54H,3-45H2,1-2H3,(H,50,53). The fraction of sp³-hybridized carbons (Fsp3) is 0.980. The van der Waals surface area contributed by atoms with Gasteiger partial charge in [0.25, 0.3) is 0 Å². The van der Waals surface area contributed by atoms with Crippen LogP contribution in [0.25, 0.3) is 0 Å². The second kappa shape index (κ2) is 45.1. The van der Waals surface area contributed by atoms with Crippen molar-refractivity contribution < 1.29 is 20.1 Å². The Bertz CT molecular complexity index is 718. The Balaban J connectivity index is 3.54.